The molecule has 2 N–H and O–H groups in total. The molecular formula is C37H46ClFN3O6S2+. The van der Waals surface area contributed by atoms with E-state index in [2.05, 4.69) is 16.8 Å². The van der Waals surface area contributed by atoms with E-state index in [1.165, 1.54) is 6.07 Å². The van der Waals surface area contributed by atoms with Crippen LogP contribution in [0.5, 0.6) is 5.75 Å². The highest BCUT2D eigenvalue weighted by Gasteiger charge is 2.40. The van der Waals surface area contributed by atoms with Crippen LogP contribution in [0.3, 0.4) is 0 Å². The Morgan fingerprint density at radius 1 is 1.14 bits per heavy atom. The summed E-state index contributed by atoms with van der Waals surface area (Å²) in [7, 11) is -2.85. The standard InChI is InChI=1S/C37H46ClFN3O6S2/c1-35(2,3)47-28(43)21-46-31-29(38)32(49-33(31)34(44)48-36(4,5)6)24-12-10-14-26(18-24)41-20-23-16-17-42(37(7,8)19-23)50(9,45)22-25-13-11-15-27(40)30(25)39/h10-15,18,23H,9,16-17,19,21-22,40H2,1-8H3/q+1. The second-order valence-electron chi connectivity index (χ2n) is 14.9. The first-order valence-electron chi connectivity index (χ1n) is 16.2. The molecule has 0 saturated carbocycles. The second-order valence-corrected chi connectivity index (χ2v) is 18.6. The van der Waals surface area contributed by atoms with Crippen LogP contribution in [-0.4, -0.2) is 56.2 Å². The van der Waals surface area contributed by atoms with Crippen LogP contribution in [0.25, 0.3) is 15.3 Å². The average molecular weight is 747 g/mol. The molecule has 1 aliphatic rings. The number of ether oxygens (including phenoxy) is 3. The van der Waals surface area contributed by atoms with Crippen molar-refractivity contribution in [3.8, 4) is 22.3 Å². The Labute approximate surface area is 303 Å². The van der Waals surface area contributed by atoms with Crippen molar-refractivity contribution in [2.45, 2.75) is 90.7 Å². The van der Waals surface area contributed by atoms with Gasteiger partial charge in [0.25, 0.3) is 6.07 Å². The molecular weight excluding hydrogens is 701 g/mol. The quantitative estimate of drug-likeness (QED) is 0.139. The van der Waals surface area contributed by atoms with Gasteiger partial charge >= 0.3 is 17.6 Å². The number of piperidine rings is 1. The van der Waals surface area contributed by atoms with Crippen molar-refractivity contribution in [2.75, 3.05) is 18.9 Å². The summed E-state index contributed by atoms with van der Waals surface area (Å²) in [5.41, 5.74) is 5.31. The van der Waals surface area contributed by atoms with Gasteiger partial charge in [0.2, 0.25) is 0 Å². The Hall–Kier alpha value is -3.63. The van der Waals surface area contributed by atoms with E-state index in [9.17, 15) is 18.2 Å². The van der Waals surface area contributed by atoms with E-state index in [1.54, 1.807) is 53.7 Å². The highest BCUT2D eigenvalue weighted by molar-refractivity contribution is 7.97. The maximum absolute atomic E-state index is 14.6. The number of benzene rings is 2. The Morgan fingerprint density at radius 3 is 2.44 bits per heavy atom. The summed E-state index contributed by atoms with van der Waals surface area (Å²) in [6, 6.07) is 15.3. The number of rotatable bonds is 8. The summed E-state index contributed by atoms with van der Waals surface area (Å²) in [5.74, 6) is 2.18. The van der Waals surface area contributed by atoms with E-state index in [0.29, 0.717) is 35.5 Å². The summed E-state index contributed by atoms with van der Waals surface area (Å²) >= 11 is 7.91. The molecule has 2 heterocycles. The topological polar surface area (TPSA) is 113 Å². The lowest BCUT2D eigenvalue weighted by Gasteiger charge is -2.44. The fourth-order valence-corrected chi connectivity index (χ4v) is 9.41. The number of hydrogen-bond acceptors (Lipinski definition) is 8. The third-order valence-electron chi connectivity index (χ3n) is 7.63. The van der Waals surface area contributed by atoms with Gasteiger partial charge in [0.15, 0.2) is 17.2 Å². The molecule has 1 saturated heterocycles. The first-order valence-corrected chi connectivity index (χ1v) is 19.2. The lowest BCUT2D eigenvalue weighted by molar-refractivity contribution is -0.157. The summed E-state index contributed by atoms with van der Waals surface area (Å²) in [5, 5.41) is 0.161. The van der Waals surface area contributed by atoms with Crippen molar-refractivity contribution >= 4 is 61.8 Å². The number of halogens is 2. The predicted molar refractivity (Wildman–Crippen MR) is 201 cm³/mol. The number of thiophene rings is 1. The highest BCUT2D eigenvalue weighted by Crippen LogP contribution is 2.47. The normalized spacial score (nSPS) is 17.6. The SMILES string of the molecule is C=S(=O)(Cc1cccc(N)c1F)N1CCC(C#[N+]c2cccc(-c3sc(C(=O)OC(C)(C)C)c(OCC(=O)OC(C)(C)C)c3Cl)c2)CC1(C)C. The zero-order valence-corrected chi connectivity index (χ0v) is 32.2. The fourth-order valence-electron chi connectivity index (χ4n) is 5.70. The minimum atomic E-state index is -2.85. The summed E-state index contributed by atoms with van der Waals surface area (Å²) in [6.45, 7) is 14.5. The molecule has 0 radical (unpaired) electrons. The van der Waals surface area contributed by atoms with Gasteiger partial charge in [-0.25, -0.2) is 18.3 Å². The first kappa shape index (κ1) is 39.2. The summed E-state index contributed by atoms with van der Waals surface area (Å²) < 4.78 is 47.1. The number of nitrogens with two attached hydrogens (primary N) is 1. The number of esters is 2. The van der Waals surface area contributed by atoms with Crippen molar-refractivity contribution in [1.29, 1.82) is 0 Å². The fraction of sp³-hybridized carbons (Fsp3) is 0.459. The lowest BCUT2D eigenvalue weighted by Crippen LogP contribution is -2.52. The molecule has 2 unspecified atom stereocenters. The van der Waals surface area contributed by atoms with Crippen molar-refractivity contribution in [1.82, 2.24) is 4.31 Å². The number of nitrogen functional groups attached to an aromatic ring is 1. The minimum Gasteiger partial charge on any atom is -0.479 e. The lowest BCUT2D eigenvalue weighted by atomic mass is 9.85. The van der Waals surface area contributed by atoms with Crippen LogP contribution in [0.15, 0.2) is 42.5 Å². The zero-order chi connectivity index (χ0) is 37.2. The number of carbonyl (C=O) groups is 2. The van der Waals surface area contributed by atoms with Crippen molar-refractivity contribution in [3.63, 3.8) is 0 Å². The van der Waals surface area contributed by atoms with Crippen LogP contribution in [-0.2, 0) is 29.7 Å². The highest BCUT2D eigenvalue weighted by atomic mass is 35.5. The smallest absolute Gasteiger partial charge is 0.352 e. The van der Waals surface area contributed by atoms with Gasteiger partial charge in [-0.3, -0.25) is 4.21 Å². The molecule has 2 aromatic carbocycles. The second kappa shape index (κ2) is 14.9. The summed E-state index contributed by atoms with van der Waals surface area (Å²) in [4.78, 5) is 31.0. The largest absolute Gasteiger partial charge is 0.479 e. The molecule has 0 aliphatic carbocycles. The van der Waals surface area contributed by atoms with Crippen LogP contribution in [0, 0.1) is 17.8 Å². The maximum Gasteiger partial charge on any atom is 0.352 e. The Kier molecular flexibility index (Phi) is 11.7. The Balaban J connectivity index is 1.55. The van der Waals surface area contributed by atoms with E-state index in [4.69, 9.17) is 31.5 Å². The van der Waals surface area contributed by atoms with E-state index >= 15 is 0 Å². The van der Waals surface area contributed by atoms with Crippen molar-refractivity contribution < 1.29 is 32.4 Å². The molecule has 2 atom stereocenters. The van der Waals surface area contributed by atoms with E-state index < -0.39 is 50.8 Å². The van der Waals surface area contributed by atoms with Crippen molar-refractivity contribution in [2.24, 2.45) is 5.92 Å². The molecule has 3 aromatic rings. The first-order chi connectivity index (χ1) is 23.1. The number of anilines is 1. The number of hydrogen-bond donors (Lipinski definition) is 1. The van der Waals surface area contributed by atoms with Gasteiger partial charge in [0, 0.05) is 45.1 Å². The van der Waals surface area contributed by atoms with Gasteiger partial charge in [-0.2, -0.15) is 0 Å². The average Bonchev–Trinajstić information content (AvgIpc) is 3.31. The molecule has 0 amide bonds. The molecule has 1 fully saturated rings. The van der Waals surface area contributed by atoms with Crippen LogP contribution in [0.4, 0.5) is 15.8 Å². The molecule has 270 valence electrons. The van der Waals surface area contributed by atoms with Gasteiger partial charge < -0.3 is 19.9 Å². The molecule has 0 spiro atoms. The van der Waals surface area contributed by atoms with Gasteiger partial charge in [-0.15, -0.1) is 11.3 Å². The monoisotopic (exact) mass is 746 g/mol. The molecule has 1 aromatic heterocycles. The van der Waals surface area contributed by atoms with Crippen LogP contribution < -0.4 is 10.5 Å². The van der Waals surface area contributed by atoms with E-state index in [-0.39, 0.29) is 38.6 Å². The number of nitrogens with zero attached hydrogens (tertiary/aromatic N) is 2. The molecule has 9 nitrogen and oxygen atoms in total. The molecule has 50 heavy (non-hydrogen) atoms. The number of carbonyl (C=O) groups excluding carboxylic acids is 2. The molecule has 1 aliphatic heterocycles. The zero-order valence-electron chi connectivity index (χ0n) is 29.9. The third kappa shape index (κ3) is 10.00. The predicted octanol–water partition coefficient (Wildman–Crippen LogP) is 8.75. The van der Waals surface area contributed by atoms with Gasteiger partial charge in [-0.1, -0.05) is 35.9 Å². The Bertz CT molecular complexity index is 1930. The third-order valence-corrected chi connectivity index (χ3v) is 11.5. The van der Waals surface area contributed by atoms with Crippen LogP contribution >= 0.6 is 22.9 Å². The van der Waals surface area contributed by atoms with E-state index in [1.807, 2.05) is 42.4 Å². The van der Waals surface area contributed by atoms with Gasteiger partial charge in [-0.05, 0) is 85.0 Å². The minimum absolute atomic E-state index is 0.0161. The van der Waals surface area contributed by atoms with Gasteiger partial charge in [0.1, 0.15) is 22.0 Å². The van der Waals surface area contributed by atoms with Crippen molar-refractivity contribution in [3.05, 3.63) is 68.6 Å². The molecule has 4 rings (SSSR count). The molecule has 0 bridgehead atoms. The Morgan fingerprint density at radius 2 is 1.80 bits per heavy atom. The maximum atomic E-state index is 14.6. The summed E-state index contributed by atoms with van der Waals surface area (Å²) in [6.07, 6.45) is 1.24. The van der Waals surface area contributed by atoms with E-state index in [0.717, 1.165) is 11.3 Å². The van der Waals surface area contributed by atoms with Crippen LogP contribution in [0.1, 0.15) is 83.5 Å². The van der Waals surface area contributed by atoms with Gasteiger partial charge in [0.05, 0.1) is 22.2 Å². The van der Waals surface area contributed by atoms with Crippen LogP contribution in [0.2, 0.25) is 5.02 Å². The molecule has 13 heteroatoms.